The Bertz CT molecular complexity index is 350. The minimum atomic E-state index is -4.43. The van der Waals surface area contributed by atoms with E-state index in [2.05, 4.69) is 5.32 Å². The molecule has 2 rings (SSSR count). The van der Waals surface area contributed by atoms with E-state index in [9.17, 15) is 21.6 Å². The molecule has 2 aliphatic rings. The normalized spacial score (nSPS) is 41.2. The van der Waals surface area contributed by atoms with Crippen molar-refractivity contribution in [1.29, 1.82) is 0 Å². The SMILES string of the molecule is O=S1(=O)CC[C@@]2(C(F)(F)F)CNC[C@H]21. The maximum atomic E-state index is 12.7. The molecule has 2 heterocycles. The number of halogens is 3. The zero-order valence-electron chi connectivity index (χ0n) is 7.26. The molecule has 0 aliphatic carbocycles. The summed E-state index contributed by atoms with van der Waals surface area (Å²) < 4.78 is 60.9. The second-order valence-corrected chi connectivity index (χ2v) is 6.19. The Kier molecular flexibility index (Phi) is 1.92. The number of alkyl halides is 3. The molecule has 14 heavy (non-hydrogen) atoms. The molecule has 0 aromatic rings. The van der Waals surface area contributed by atoms with E-state index in [1.54, 1.807) is 0 Å². The molecule has 0 amide bonds. The average Bonchev–Trinajstić information content (AvgIpc) is 2.51. The van der Waals surface area contributed by atoms with Gasteiger partial charge in [-0.1, -0.05) is 0 Å². The maximum absolute atomic E-state index is 12.7. The van der Waals surface area contributed by atoms with Gasteiger partial charge in [0, 0.05) is 13.1 Å². The van der Waals surface area contributed by atoms with E-state index in [-0.39, 0.29) is 25.3 Å². The van der Waals surface area contributed by atoms with E-state index in [0.717, 1.165) is 0 Å². The van der Waals surface area contributed by atoms with Gasteiger partial charge < -0.3 is 5.32 Å². The van der Waals surface area contributed by atoms with Crippen molar-refractivity contribution in [2.24, 2.45) is 5.41 Å². The number of fused-ring (bicyclic) bond motifs is 1. The zero-order valence-corrected chi connectivity index (χ0v) is 8.08. The highest BCUT2D eigenvalue weighted by atomic mass is 32.2. The molecular weight excluding hydrogens is 219 g/mol. The third-order valence-corrected chi connectivity index (χ3v) is 5.48. The Morgan fingerprint density at radius 1 is 1.36 bits per heavy atom. The first-order valence-corrected chi connectivity index (χ1v) is 6.00. The van der Waals surface area contributed by atoms with Crippen molar-refractivity contribution < 1.29 is 21.6 Å². The molecule has 0 aromatic heterocycles. The molecule has 2 aliphatic heterocycles. The van der Waals surface area contributed by atoms with Crippen LogP contribution in [0.2, 0.25) is 0 Å². The van der Waals surface area contributed by atoms with E-state index < -0.39 is 26.7 Å². The molecule has 0 saturated carbocycles. The zero-order chi connectivity index (χ0) is 10.6. The summed E-state index contributed by atoms with van der Waals surface area (Å²) in [6, 6.07) is 0. The molecule has 2 atom stereocenters. The lowest BCUT2D eigenvalue weighted by atomic mass is 9.83. The Hall–Kier alpha value is -0.300. The van der Waals surface area contributed by atoms with E-state index in [1.165, 1.54) is 0 Å². The van der Waals surface area contributed by atoms with Gasteiger partial charge in [-0.15, -0.1) is 0 Å². The predicted molar refractivity (Wildman–Crippen MR) is 43.5 cm³/mol. The topological polar surface area (TPSA) is 46.2 Å². The molecule has 0 bridgehead atoms. The van der Waals surface area contributed by atoms with Crippen LogP contribution in [0.3, 0.4) is 0 Å². The van der Waals surface area contributed by atoms with Crippen LogP contribution in [0, 0.1) is 5.41 Å². The molecular formula is C7H10F3NO2S. The van der Waals surface area contributed by atoms with Gasteiger partial charge in [0.25, 0.3) is 0 Å². The Labute approximate surface area is 79.6 Å². The summed E-state index contributed by atoms with van der Waals surface area (Å²) in [5.41, 5.74) is -2.02. The van der Waals surface area contributed by atoms with E-state index in [0.29, 0.717) is 0 Å². The molecule has 0 unspecified atom stereocenters. The van der Waals surface area contributed by atoms with Crippen molar-refractivity contribution in [3.63, 3.8) is 0 Å². The lowest BCUT2D eigenvalue weighted by Gasteiger charge is -2.29. The summed E-state index contributed by atoms with van der Waals surface area (Å²) in [4.78, 5) is 0. The van der Waals surface area contributed by atoms with Crippen molar-refractivity contribution in [3.05, 3.63) is 0 Å². The summed E-state index contributed by atoms with van der Waals surface area (Å²) in [7, 11) is -3.55. The molecule has 2 saturated heterocycles. The number of rotatable bonds is 0. The van der Waals surface area contributed by atoms with Crippen LogP contribution in [0.25, 0.3) is 0 Å². The van der Waals surface area contributed by atoms with Crippen LogP contribution < -0.4 is 5.32 Å². The van der Waals surface area contributed by atoms with E-state index in [1.807, 2.05) is 0 Å². The molecule has 7 heteroatoms. The molecule has 1 N–H and O–H groups in total. The largest absolute Gasteiger partial charge is 0.397 e. The van der Waals surface area contributed by atoms with Gasteiger partial charge >= 0.3 is 6.18 Å². The molecule has 3 nitrogen and oxygen atoms in total. The number of hydrogen-bond acceptors (Lipinski definition) is 3. The Balaban J connectivity index is 2.47. The molecule has 2 fully saturated rings. The van der Waals surface area contributed by atoms with Gasteiger partial charge in [0.15, 0.2) is 9.84 Å². The molecule has 0 spiro atoms. The fraction of sp³-hybridized carbons (Fsp3) is 1.00. The smallest absolute Gasteiger partial charge is 0.314 e. The van der Waals surface area contributed by atoms with Gasteiger partial charge in [0.1, 0.15) is 0 Å². The highest BCUT2D eigenvalue weighted by Crippen LogP contribution is 2.52. The van der Waals surface area contributed by atoms with Crippen LogP contribution in [0.1, 0.15) is 6.42 Å². The number of nitrogens with one attached hydrogen (secondary N) is 1. The predicted octanol–water partition coefficient (Wildman–Crippen LogP) is 0.325. The fourth-order valence-corrected chi connectivity index (χ4v) is 4.67. The Morgan fingerprint density at radius 3 is 2.50 bits per heavy atom. The summed E-state index contributed by atoms with van der Waals surface area (Å²) in [6.07, 6.45) is -4.72. The first-order chi connectivity index (χ1) is 6.30. The molecule has 0 aromatic carbocycles. The quantitative estimate of drug-likeness (QED) is 0.651. The number of hydrogen-bond donors (Lipinski definition) is 1. The lowest BCUT2D eigenvalue weighted by Crippen LogP contribution is -2.45. The van der Waals surface area contributed by atoms with Crippen LogP contribution >= 0.6 is 0 Å². The van der Waals surface area contributed by atoms with Crippen molar-refractivity contribution >= 4 is 9.84 Å². The first kappa shape index (κ1) is 10.2. The van der Waals surface area contributed by atoms with Crippen molar-refractivity contribution in [2.45, 2.75) is 17.8 Å². The van der Waals surface area contributed by atoms with Gasteiger partial charge in [-0.3, -0.25) is 0 Å². The van der Waals surface area contributed by atoms with Crippen LogP contribution in [0.5, 0.6) is 0 Å². The fourth-order valence-electron chi connectivity index (χ4n) is 2.35. The maximum Gasteiger partial charge on any atom is 0.397 e. The summed E-state index contributed by atoms with van der Waals surface area (Å²) in [5.74, 6) is -0.334. The molecule has 82 valence electrons. The average molecular weight is 229 g/mol. The minimum Gasteiger partial charge on any atom is -0.314 e. The van der Waals surface area contributed by atoms with Crippen LogP contribution in [0.4, 0.5) is 13.2 Å². The monoisotopic (exact) mass is 229 g/mol. The van der Waals surface area contributed by atoms with Crippen LogP contribution in [-0.2, 0) is 9.84 Å². The third-order valence-electron chi connectivity index (χ3n) is 3.22. The van der Waals surface area contributed by atoms with Gasteiger partial charge in [-0.2, -0.15) is 13.2 Å². The first-order valence-electron chi connectivity index (χ1n) is 4.29. The standard InChI is InChI=1S/C7H10F3NO2S/c8-7(9,10)6-1-2-14(12,13)5(6)3-11-4-6/h5,11H,1-4H2/t5-,6-/m1/s1. The van der Waals surface area contributed by atoms with E-state index >= 15 is 0 Å². The van der Waals surface area contributed by atoms with Crippen molar-refractivity contribution in [2.75, 3.05) is 18.8 Å². The summed E-state index contributed by atoms with van der Waals surface area (Å²) in [5, 5.41) is 1.26. The van der Waals surface area contributed by atoms with Crippen molar-refractivity contribution in [3.8, 4) is 0 Å². The van der Waals surface area contributed by atoms with Gasteiger partial charge in [0.2, 0.25) is 0 Å². The van der Waals surface area contributed by atoms with E-state index in [4.69, 9.17) is 0 Å². The van der Waals surface area contributed by atoms with Crippen LogP contribution in [0.15, 0.2) is 0 Å². The van der Waals surface area contributed by atoms with Crippen LogP contribution in [-0.4, -0.2) is 38.7 Å². The summed E-state index contributed by atoms with van der Waals surface area (Å²) in [6.45, 7) is -0.331. The van der Waals surface area contributed by atoms with Crippen molar-refractivity contribution in [1.82, 2.24) is 5.32 Å². The summed E-state index contributed by atoms with van der Waals surface area (Å²) >= 11 is 0. The highest BCUT2D eigenvalue weighted by Gasteiger charge is 2.68. The molecule has 0 radical (unpaired) electrons. The highest BCUT2D eigenvalue weighted by molar-refractivity contribution is 7.92. The third kappa shape index (κ3) is 1.11. The second kappa shape index (κ2) is 2.63. The number of sulfone groups is 1. The second-order valence-electron chi connectivity index (χ2n) is 3.89. The minimum absolute atomic E-state index is 0.0676. The lowest BCUT2D eigenvalue weighted by molar-refractivity contribution is -0.213. The van der Waals surface area contributed by atoms with Gasteiger partial charge in [0.05, 0.1) is 16.4 Å². The van der Waals surface area contributed by atoms with Gasteiger partial charge in [-0.05, 0) is 6.42 Å². The van der Waals surface area contributed by atoms with Gasteiger partial charge in [-0.25, -0.2) is 8.42 Å². The Morgan fingerprint density at radius 2 is 2.00 bits per heavy atom.